The maximum Gasteiger partial charge on any atom is 0.431 e. The fourth-order valence-corrected chi connectivity index (χ4v) is 5.35. The van der Waals surface area contributed by atoms with Crippen LogP contribution < -0.4 is 5.43 Å². The summed E-state index contributed by atoms with van der Waals surface area (Å²) in [5.74, 6) is -2.31. The first kappa shape index (κ1) is 22.4. The van der Waals surface area contributed by atoms with Gasteiger partial charge in [0.15, 0.2) is 5.78 Å². The summed E-state index contributed by atoms with van der Waals surface area (Å²) in [6, 6.07) is 12.2. The number of hydrazone groups is 1. The highest BCUT2D eigenvalue weighted by molar-refractivity contribution is 7.21. The van der Waals surface area contributed by atoms with Gasteiger partial charge in [0, 0.05) is 14.8 Å². The van der Waals surface area contributed by atoms with Crippen molar-refractivity contribution in [3.8, 4) is 0 Å². The first-order valence-corrected chi connectivity index (χ1v) is 11.0. The van der Waals surface area contributed by atoms with Crippen LogP contribution in [-0.2, 0) is 0 Å². The molecule has 4 nitrogen and oxygen atoms in total. The van der Waals surface area contributed by atoms with Gasteiger partial charge in [0.2, 0.25) is 0 Å². The van der Waals surface area contributed by atoms with Crippen molar-refractivity contribution in [3.63, 3.8) is 0 Å². The number of amides is 1. The molecule has 0 aliphatic carbocycles. The maximum atomic E-state index is 13.4. The number of nitrogens with zero attached hydrogens (tertiary/aromatic N) is 1. The molecule has 0 spiro atoms. The Hall–Kier alpha value is -2.82. The fraction of sp³-hybridized carbons (Fsp3) is 0.0952. The van der Waals surface area contributed by atoms with Crippen LogP contribution in [0.4, 0.5) is 17.6 Å². The normalized spacial score (nSPS) is 12.5. The Bertz CT molecular complexity index is 1360. The van der Waals surface area contributed by atoms with Crippen LogP contribution in [0.25, 0.3) is 20.2 Å². The van der Waals surface area contributed by atoms with Crippen LogP contribution in [0, 0.1) is 5.82 Å². The second kappa shape index (κ2) is 8.61. The third-order valence-corrected chi connectivity index (χ3v) is 7.26. The highest BCUT2D eigenvalue weighted by Gasteiger charge is 2.38. The summed E-state index contributed by atoms with van der Waals surface area (Å²) in [6.45, 7) is 0. The molecule has 2 heterocycles. The number of carbonyl (C=O) groups excluding carboxylic acids is 2. The van der Waals surface area contributed by atoms with E-state index in [1.54, 1.807) is 24.3 Å². The van der Waals surface area contributed by atoms with E-state index >= 15 is 0 Å². The van der Waals surface area contributed by atoms with E-state index in [0.29, 0.717) is 10.1 Å². The SMILES string of the molecule is O=C(C/C(=N\NC(=O)c1sc2cc(F)ccc2c1Cl)C(F)(F)F)c1cc2ccccc2s1. The van der Waals surface area contributed by atoms with Crippen molar-refractivity contribution >= 4 is 71.8 Å². The van der Waals surface area contributed by atoms with E-state index in [2.05, 4.69) is 5.10 Å². The van der Waals surface area contributed by atoms with E-state index in [1.807, 2.05) is 5.43 Å². The van der Waals surface area contributed by atoms with Crippen molar-refractivity contribution in [1.29, 1.82) is 0 Å². The predicted molar refractivity (Wildman–Crippen MR) is 119 cm³/mol. The molecule has 0 atom stereocenters. The third kappa shape index (κ3) is 4.52. The van der Waals surface area contributed by atoms with Crippen LogP contribution in [-0.4, -0.2) is 23.6 Å². The van der Waals surface area contributed by atoms with Gasteiger partial charge in [-0.25, -0.2) is 9.82 Å². The number of carbonyl (C=O) groups is 2. The van der Waals surface area contributed by atoms with Crippen molar-refractivity contribution in [1.82, 2.24) is 5.43 Å². The molecule has 0 unspecified atom stereocenters. The fourth-order valence-electron chi connectivity index (χ4n) is 2.92. The molecule has 0 fully saturated rings. The number of Topliss-reactive ketones (excluding diaryl/α,β-unsaturated/α-hetero) is 1. The molecule has 32 heavy (non-hydrogen) atoms. The quantitative estimate of drug-likeness (QED) is 0.142. The lowest BCUT2D eigenvalue weighted by Crippen LogP contribution is -2.30. The number of halogens is 5. The van der Waals surface area contributed by atoms with Gasteiger partial charge in [0.1, 0.15) is 16.4 Å². The van der Waals surface area contributed by atoms with Crippen molar-refractivity contribution < 1.29 is 27.2 Å². The topological polar surface area (TPSA) is 58.5 Å². The van der Waals surface area contributed by atoms with E-state index in [4.69, 9.17) is 11.6 Å². The molecule has 0 radical (unpaired) electrons. The molecule has 0 aliphatic rings. The van der Waals surface area contributed by atoms with Gasteiger partial charge in [-0.1, -0.05) is 29.8 Å². The second-order valence-electron chi connectivity index (χ2n) is 6.63. The summed E-state index contributed by atoms with van der Waals surface area (Å²) in [5, 5.41) is 4.29. The zero-order valence-electron chi connectivity index (χ0n) is 15.8. The van der Waals surface area contributed by atoms with Gasteiger partial charge in [0.25, 0.3) is 5.91 Å². The molecule has 11 heteroatoms. The second-order valence-corrected chi connectivity index (χ2v) is 9.15. The largest absolute Gasteiger partial charge is 0.431 e. The average Bonchev–Trinajstić information content (AvgIpc) is 3.31. The van der Waals surface area contributed by atoms with Crippen LogP contribution in [0.3, 0.4) is 0 Å². The summed E-state index contributed by atoms with van der Waals surface area (Å²) in [5.41, 5.74) is 0.370. The zero-order chi connectivity index (χ0) is 23.0. The molecule has 0 saturated heterocycles. The first-order chi connectivity index (χ1) is 15.1. The number of hydrogen-bond acceptors (Lipinski definition) is 5. The summed E-state index contributed by atoms with van der Waals surface area (Å²) in [6.07, 6.45) is -5.98. The number of rotatable bonds is 5. The molecule has 2 aromatic heterocycles. The van der Waals surface area contributed by atoms with Crippen molar-refractivity contribution in [3.05, 3.63) is 69.1 Å². The van der Waals surface area contributed by atoms with E-state index < -0.39 is 35.8 Å². The number of nitrogens with one attached hydrogen (secondary N) is 1. The molecule has 4 aromatic rings. The third-order valence-electron chi connectivity index (χ3n) is 4.45. The Morgan fingerprint density at radius 3 is 2.50 bits per heavy atom. The smallest absolute Gasteiger partial charge is 0.293 e. The van der Waals surface area contributed by atoms with Crippen molar-refractivity contribution in [2.75, 3.05) is 0 Å². The van der Waals surface area contributed by atoms with Crippen LogP contribution in [0.15, 0.2) is 53.6 Å². The van der Waals surface area contributed by atoms with Gasteiger partial charge in [-0.3, -0.25) is 9.59 Å². The Balaban J connectivity index is 1.57. The van der Waals surface area contributed by atoms with Gasteiger partial charge < -0.3 is 0 Å². The van der Waals surface area contributed by atoms with Gasteiger partial charge in [0.05, 0.1) is 16.3 Å². The minimum atomic E-state index is -4.94. The van der Waals surface area contributed by atoms with Crippen LogP contribution >= 0.6 is 34.3 Å². The number of ketones is 1. The summed E-state index contributed by atoms with van der Waals surface area (Å²) < 4.78 is 54.9. The van der Waals surface area contributed by atoms with Gasteiger partial charge >= 0.3 is 6.18 Å². The summed E-state index contributed by atoms with van der Waals surface area (Å²) in [7, 11) is 0. The summed E-state index contributed by atoms with van der Waals surface area (Å²) >= 11 is 8.01. The van der Waals surface area contributed by atoms with Gasteiger partial charge in [-0.2, -0.15) is 18.3 Å². The Kier molecular flexibility index (Phi) is 6.02. The average molecular weight is 499 g/mol. The monoisotopic (exact) mass is 498 g/mol. The zero-order valence-corrected chi connectivity index (χ0v) is 18.2. The van der Waals surface area contributed by atoms with E-state index in [1.165, 1.54) is 12.1 Å². The summed E-state index contributed by atoms with van der Waals surface area (Å²) in [4.78, 5) is 24.9. The minimum absolute atomic E-state index is 0.0207. The molecule has 1 N–H and O–H groups in total. The first-order valence-electron chi connectivity index (χ1n) is 8.97. The number of hydrogen-bond donors (Lipinski definition) is 1. The van der Waals surface area contributed by atoms with Crippen molar-refractivity contribution in [2.24, 2.45) is 5.10 Å². The number of thiophene rings is 2. The van der Waals surface area contributed by atoms with Crippen LogP contribution in [0.2, 0.25) is 5.02 Å². The van der Waals surface area contributed by atoms with E-state index in [-0.39, 0.29) is 14.8 Å². The standard InChI is InChI=1S/C21H11ClF4N2O2S2/c22-18-12-6-5-11(23)8-15(12)32-19(18)20(30)28-27-17(21(24,25)26)9-13(29)16-7-10-3-1-2-4-14(10)31-16/h1-8H,9H2,(H,28,30)/b27-17+. The van der Waals surface area contributed by atoms with E-state index in [0.717, 1.165) is 44.9 Å². The highest BCUT2D eigenvalue weighted by atomic mass is 35.5. The molecular weight excluding hydrogens is 488 g/mol. The lowest BCUT2D eigenvalue weighted by atomic mass is 10.1. The maximum absolute atomic E-state index is 13.4. The predicted octanol–water partition coefficient (Wildman–Crippen LogP) is 6.83. The highest BCUT2D eigenvalue weighted by Crippen LogP contribution is 2.35. The lowest BCUT2D eigenvalue weighted by molar-refractivity contribution is -0.0605. The molecule has 1 amide bonds. The Morgan fingerprint density at radius 2 is 1.78 bits per heavy atom. The molecule has 0 aliphatic heterocycles. The molecule has 4 rings (SSSR count). The van der Waals surface area contributed by atoms with Gasteiger partial charge in [-0.15, -0.1) is 22.7 Å². The molecule has 2 aromatic carbocycles. The molecule has 0 bridgehead atoms. The van der Waals surface area contributed by atoms with E-state index in [9.17, 15) is 27.2 Å². The van der Waals surface area contributed by atoms with Crippen LogP contribution in [0.1, 0.15) is 25.8 Å². The number of alkyl halides is 3. The lowest BCUT2D eigenvalue weighted by Gasteiger charge is -2.09. The Labute approximate surface area is 191 Å². The molecule has 0 saturated carbocycles. The molecule has 164 valence electrons. The van der Waals surface area contributed by atoms with Crippen LogP contribution in [0.5, 0.6) is 0 Å². The minimum Gasteiger partial charge on any atom is -0.293 e. The Morgan fingerprint density at radius 1 is 1.03 bits per heavy atom. The van der Waals surface area contributed by atoms with Gasteiger partial charge in [-0.05, 0) is 35.7 Å². The number of fused-ring (bicyclic) bond motifs is 2. The number of benzene rings is 2. The molecular formula is C21H11ClF4N2O2S2. The van der Waals surface area contributed by atoms with Crippen molar-refractivity contribution in [2.45, 2.75) is 12.6 Å².